The van der Waals surface area contributed by atoms with Crippen molar-refractivity contribution in [2.24, 2.45) is 0 Å². The summed E-state index contributed by atoms with van der Waals surface area (Å²) >= 11 is 1.70. The highest BCUT2D eigenvalue weighted by molar-refractivity contribution is 7.12. The van der Waals surface area contributed by atoms with Crippen molar-refractivity contribution in [2.45, 2.75) is 39.2 Å². The molecule has 1 aliphatic rings. The van der Waals surface area contributed by atoms with Crippen LogP contribution >= 0.6 is 11.3 Å². The maximum Gasteiger partial charge on any atom is 0.129 e. The average molecular weight is 276 g/mol. The number of benzene rings is 1. The number of halogens is 1. The molecule has 0 spiro atoms. The third kappa shape index (κ3) is 2.21. The second kappa shape index (κ2) is 4.73. The van der Waals surface area contributed by atoms with Gasteiger partial charge in [0.15, 0.2) is 0 Å². The quantitative estimate of drug-likeness (QED) is 0.876. The maximum absolute atomic E-state index is 13.6. The topological polar surface area (TPSA) is 20.2 Å². The molecule has 1 aromatic carbocycles. The van der Waals surface area contributed by atoms with Gasteiger partial charge in [0.2, 0.25) is 0 Å². The number of aliphatic hydroxyl groups excluding tert-OH is 1. The highest BCUT2D eigenvalue weighted by Gasteiger charge is 2.20. The number of hydrogen-bond acceptors (Lipinski definition) is 2. The fourth-order valence-corrected chi connectivity index (χ4v) is 4.06. The molecular weight excluding hydrogens is 259 g/mol. The lowest BCUT2D eigenvalue weighted by atomic mass is 10.0. The van der Waals surface area contributed by atoms with E-state index in [-0.39, 0.29) is 5.82 Å². The average Bonchev–Trinajstić information content (AvgIpc) is 2.94. The highest BCUT2D eigenvalue weighted by Crippen LogP contribution is 2.36. The third-order valence-electron chi connectivity index (χ3n) is 3.81. The van der Waals surface area contributed by atoms with Crippen LogP contribution in [-0.2, 0) is 12.8 Å². The first-order valence-electron chi connectivity index (χ1n) is 6.62. The van der Waals surface area contributed by atoms with Gasteiger partial charge in [0.05, 0.1) is 0 Å². The van der Waals surface area contributed by atoms with Crippen molar-refractivity contribution < 1.29 is 9.50 Å². The van der Waals surface area contributed by atoms with Crippen LogP contribution in [0.25, 0.3) is 0 Å². The van der Waals surface area contributed by atoms with Crippen molar-refractivity contribution >= 4 is 11.3 Å². The van der Waals surface area contributed by atoms with E-state index in [1.807, 2.05) is 0 Å². The molecule has 3 rings (SSSR count). The van der Waals surface area contributed by atoms with E-state index in [4.69, 9.17) is 0 Å². The zero-order chi connectivity index (χ0) is 13.6. The lowest BCUT2D eigenvalue weighted by Crippen LogP contribution is -2.00. The smallest absolute Gasteiger partial charge is 0.129 e. The molecule has 3 heteroatoms. The minimum atomic E-state index is -0.631. The Bertz CT molecular complexity index is 585. The zero-order valence-electron chi connectivity index (χ0n) is 11.2. The van der Waals surface area contributed by atoms with Gasteiger partial charge in [0.1, 0.15) is 11.9 Å². The molecule has 0 fully saturated rings. The molecule has 2 aromatic rings. The number of thiophene rings is 1. The van der Waals surface area contributed by atoms with E-state index in [1.54, 1.807) is 37.3 Å². The molecule has 0 saturated carbocycles. The molecule has 1 nitrogen and oxygen atoms in total. The Morgan fingerprint density at radius 3 is 2.47 bits per heavy atom. The Labute approximate surface area is 116 Å². The number of rotatable bonds is 2. The second-order valence-electron chi connectivity index (χ2n) is 5.32. The van der Waals surface area contributed by atoms with Crippen LogP contribution in [-0.4, -0.2) is 5.11 Å². The summed E-state index contributed by atoms with van der Waals surface area (Å²) in [6, 6.07) is 5.61. The van der Waals surface area contributed by atoms with Crippen LogP contribution in [0, 0.1) is 19.7 Å². The van der Waals surface area contributed by atoms with Crippen LogP contribution in [0.1, 0.15) is 44.5 Å². The number of hydrogen-bond donors (Lipinski definition) is 1. The minimum absolute atomic E-state index is 0.176. The fourth-order valence-electron chi connectivity index (χ4n) is 2.79. The number of aryl methyl sites for hydroxylation is 4. The predicted octanol–water partition coefficient (Wildman–Crippen LogP) is 4.07. The summed E-state index contributed by atoms with van der Waals surface area (Å²) in [5.74, 6) is -0.176. The fraction of sp³-hybridized carbons (Fsp3) is 0.375. The normalized spacial score (nSPS) is 15.6. The Balaban J connectivity index is 1.97. The van der Waals surface area contributed by atoms with E-state index in [0.29, 0.717) is 11.1 Å². The van der Waals surface area contributed by atoms with E-state index in [0.717, 1.165) is 23.3 Å². The van der Waals surface area contributed by atoms with E-state index in [2.05, 4.69) is 6.07 Å². The molecule has 0 radical (unpaired) electrons. The molecule has 1 N–H and O–H groups in total. The van der Waals surface area contributed by atoms with Crippen LogP contribution < -0.4 is 0 Å². The standard InChI is InChI=1S/C16H17FOS/c1-9-6-12(7-10(2)15(9)17)16(18)14-8-11-4-3-5-13(11)19-14/h6-8,16,18H,3-5H2,1-2H3. The summed E-state index contributed by atoms with van der Waals surface area (Å²) in [4.78, 5) is 2.39. The van der Waals surface area contributed by atoms with E-state index in [9.17, 15) is 9.50 Å². The van der Waals surface area contributed by atoms with Crippen LogP contribution in [0.4, 0.5) is 4.39 Å². The summed E-state index contributed by atoms with van der Waals surface area (Å²) in [5.41, 5.74) is 3.36. The van der Waals surface area contributed by atoms with Crippen LogP contribution in [0.15, 0.2) is 18.2 Å². The predicted molar refractivity (Wildman–Crippen MR) is 76.3 cm³/mol. The molecule has 1 aliphatic carbocycles. The molecule has 0 bridgehead atoms. The van der Waals surface area contributed by atoms with Crippen molar-refractivity contribution in [3.05, 3.63) is 56.0 Å². The van der Waals surface area contributed by atoms with E-state index < -0.39 is 6.10 Å². The Kier molecular flexibility index (Phi) is 3.19. The van der Waals surface area contributed by atoms with Crippen LogP contribution in [0.3, 0.4) is 0 Å². The number of aliphatic hydroxyl groups is 1. The van der Waals surface area contributed by atoms with Gasteiger partial charge in [-0.05, 0) is 61.4 Å². The van der Waals surface area contributed by atoms with Crippen LogP contribution in [0.5, 0.6) is 0 Å². The third-order valence-corrected chi connectivity index (χ3v) is 5.10. The summed E-state index contributed by atoms with van der Waals surface area (Å²) in [5, 5.41) is 10.5. The van der Waals surface area contributed by atoms with Gasteiger partial charge in [-0.2, -0.15) is 0 Å². The van der Waals surface area contributed by atoms with Crippen LogP contribution in [0.2, 0.25) is 0 Å². The summed E-state index contributed by atoms with van der Waals surface area (Å²) in [7, 11) is 0. The SMILES string of the molecule is Cc1cc(C(O)c2cc3c(s2)CCC3)cc(C)c1F. The van der Waals surface area contributed by atoms with Gasteiger partial charge in [-0.1, -0.05) is 12.1 Å². The molecule has 0 aliphatic heterocycles. The van der Waals surface area contributed by atoms with Gasteiger partial charge in [-0.15, -0.1) is 11.3 Å². The first-order chi connectivity index (χ1) is 9.06. The molecule has 0 amide bonds. The van der Waals surface area contributed by atoms with Crippen molar-refractivity contribution in [3.63, 3.8) is 0 Å². The first kappa shape index (κ1) is 12.8. The molecule has 1 atom stereocenters. The Morgan fingerprint density at radius 1 is 1.16 bits per heavy atom. The monoisotopic (exact) mass is 276 g/mol. The van der Waals surface area contributed by atoms with Gasteiger partial charge in [0.25, 0.3) is 0 Å². The molecular formula is C16H17FOS. The Hall–Kier alpha value is -1.19. The largest absolute Gasteiger partial charge is 0.383 e. The van der Waals surface area contributed by atoms with Crippen molar-refractivity contribution in [3.8, 4) is 0 Å². The van der Waals surface area contributed by atoms with Crippen molar-refractivity contribution in [2.75, 3.05) is 0 Å². The summed E-state index contributed by atoms with van der Waals surface area (Å²) in [6.07, 6.45) is 2.86. The lowest BCUT2D eigenvalue weighted by Gasteiger charge is -2.12. The van der Waals surface area contributed by atoms with Gasteiger partial charge < -0.3 is 5.11 Å². The molecule has 0 saturated heterocycles. The molecule has 1 heterocycles. The van der Waals surface area contributed by atoms with Crippen molar-refractivity contribution in [1.29, 1.82) is 0 Å². The second-order valence-corrected chi connectivity index (χ2v) is 6.49. The summed E-state index contributed by atoms with van der Waals surface area (Å²) < 4.78 is 13.6. The van der Waals surface area contributed by atoms with Gasteiger partial charge in [-0.3, -0.25) is 0 Å². The zero-order valence-corrected chi connectivity index (χ0v) is 12.0. The molecule has 1 aromatic heterocycles. The highest BCUT2D eigenvalue weighted by atomic mass is 32.1. The van der Waals surface area contributed by atoms with Gasteiger partial charge in [0, 0.05) is 9.75 Å². The molecule has 100 valence electrons. The van der Waals surface area contributed by atoms with E-state index >= 15 is 0 Å². The first-order valence-corrected chi connectivity index (χ1v) is 7.44. The van der Waals surface area contributed by atoms with E-state index in [1.165, 1.54) is 16.9 Å². The van der Waals surface area contributed by atoms with Gasteiger partial charge >= 0.3 is 0 Å². The minimum Gasteiger partial charge on any atom is -0.383 e. The summed E-state index contributed by atoms with van der Waals surface area (Å²) in [6.45, 7) is 3.49. The van der Waals surface area contributed by atoms with Crippen molar-refractivity contribution in [1.82, 2.24) is 0 Å². The molecule has 19 heavy (non-hydrogen) atoms. The Morgan fingerprint density at radius 2 is 1.84 bits per heavy atom. The maximum atomic E-state index is 13.6. The number of fused-ring (bicyclic) bond motifs is 1. The molecule has 1 unspecified atom stereocenters. The lowest BCUT2D eigenvalue weighted by molar-refractivity contribution is 0.224. The van der Waals surface area contributed by atoms with Gasteiger partial charge in [-0.25, -0.2) is 4.39 Å².